The van der Waals surface area contributed by atoms with E-state index in [9.17, 15) is 4.79 Å². The maximum atomic E-state index is 11.8. The van der Waals surface area contributed by atoms with E-state index in [4.69, 9.17) is 0 Å². The van der Waals surface area contributed by atoms with Crippen molar-refractivity contribution < 1.29 is 4.79 Å². The lowest BCUT2D eigenvalue weighted by Crippen LogP contribution is -2.01. The van der Waals surface area contributed by atoms with Crippen LogP contribution in [0.5, 0.6) is 0 Å². The second-order valence-electron chi connectivity index (χ2n) is 4.35. The molecular weight excluding hydrogens is 174 g/mol. The Morgan fingerprint density at radius 2 is 2.07 bits per heavy atom. The summed E-state index contributed by atoms with van der Waals surface area (Å²) in [5.41, 5.74) is 2.93. The number of rotatable bonds is 4. The molecule has 1 aromatic heterocycles. The van der Waals surface area contributed by atoms with E-state index in [-0.39, 0.29) is 5.78 Å². The molecule has 0 aliphatic heterocycles. The topological polar surface area (TPSA) is 32.9 Å². The van der Waals surface area contributed by atoms with Crippen molar-refractivity contribution in [3.8, 4) is 0 Å². The Morgan fingerprint density at radius 1 is 1.43 bits per heavy atom. The van der Waals surface area contributed by atoms with Crippen LogP contribution in [0.4, 0.5) is 0 Å². The van der Waals surface area contributed by atoms with Crippen molar-refractivity contribution in [1.82, 2.24) is 4.98 Å². The number of nitrogens with one attached hydrogen (secondary N) is 1. The van der Waals surface area contributed by atoms with Crippen molar-refractivity contribution in [2.45, 2.75) is 40.5 Å². The fourth-order valence-electron chi connectivity index (χ4n) is 1.57. The van der Waals surface area contributed by atoms with Gasteiger partial charge < -0.3 is 4.98 Å². The van der Waals surface area contributed by atoms with Crippen molar-refractivity contribution in [1.29, 1.82) is 0 Å². The van der Waals surface area contributed by atoms with Gasteiger partial charge in [-0.25, -0.2) is 0 Å². The first-order valence-corrected chi connectivity index (χ1v) is 5.20. The van der Waals surface area contributed by atoms with Crippen molar-refractivity contribution in [2.75, 3.05) is 0 Å². The Labute approximate surface area is 85.7 Å². The number of aromatic nitrogens is 1. The van der Waals surface area contributed by atoms with Gasteiger partial charge in [-0.15, -0.1) is 0 Å². The van der Waals surface area contributed by atoms with Crippen LogP contribution in [-0.4, -0.2) is 10.8 Å². The van der Waals surface area contributed by atoms with E-state index in [1.165, 1.54) is 0 Å². The molecule has 78 valence electrons. The Kier molecular flexibility index (Phi) is 3.50. The number of hydrogen-bond donors (Lipinski definition) is 1. The van der Waals surface area contributed by atoms with Gasteiger partial charge in [-0.05, 0) is 32.3 Å². The number of aryl methyl sites for hydroxylation is 2. The van der Waals surface area contributed by atoms with Gasteiger partial charge in [-0.2, -0.15) is 0 Å². The standard InChI is InChI=1S/C12H19NO/c1-8(2)5-6-12(14)11-7-9(3)13-10(11)4/h7-8,13H,5-6H2,1-4H3. The van der Waals surface area contributed by atoms with E-state index in [0.717, 1.165) is 23.4 Å². The molecule has 0 bridgehead atoms. The molecule has 0 amide bonds. The van der Waals surface area contributed by atoms with E-state index < -0.39 is 0 Å². The highest BCUT2D eigenvalue weighted by Crippen LogP contribution is 2.14. The lowest BCUT2D eigenvalue weighted by atomic mass is 10.0. The molecule has 0 fully saturated rings. The predicted octanol–water partition coefficient (Wildman–Crippen LogP) is 3.25. The zero-order valence-corrected chi connectivity index (χ0v) is 9.48. The molecule has 0 saturated heterocycles. The minimum atomic E-state index is 0.264. The van der Waals surface area contributed by atoms with Gasteiger partial charge in [0, 0.05) is 23.4 Å². The first kappa shape index (κ1) is 11.0. The maximum absolute atomic E-state index is 11.8. The molecule has 0 aliphatic carbocycles. The van der Waals surface area contributed by atoms with Crippen LogP contribution < -0.4 is 0 Å². The number of ketones is 1. The van der Waals surface area contributed by atoms with Crippen molar-refractivity contribution in [2.24, 2.45) is 5.92 Å². The second-order valence-corrected chi connectivity index (χ2v) is 4.35. The third-order valence-corrected chi connectivity index (χ3v) is 2.40. The normalized spacial score (nSPS) is 10.9. The second kappa shape index (κ2) is 4.45. The molecule has 0 atom stereocenters. The molecule has 1 aromatic rings. The van der Waals surface area contributed by atoms with Crippen molar-refractivity contribution in [3.05, 3.63) is 23.0 Å². The fourth-order valence-corrected chi connectivity index (χ4v) is 1.57. The van der Waals surface area contributed by atoms with Gasteiger partial charge in [-0.1, -0.05) is 13.8 Å². The maximum Gasteiger partial charge on any atom is 0.164 e. The highest BCUT2D eigenvalue weighted by molar-refractivity contribution is 5.97. The van der Waals surface area contributed by atoms with Gasteiger partial charge >= 0.3 is 0 Å². The van der Waals surface area contributed by atoms with Crippen LogP contribution >= 0.6 is 0 Å². The van der Waals surface area contributed by atoms with Crippen LogP contribution in [-0.2, 0) is 0 Å². The quantitative estimate of drug-likeness (QED) is 0.731. The molecule has 1 N–H and O–H groups in total. The molecule has 1 heterocycles. The Hall–Kier alpha value is -1.05. The largest absolute Gasteiger partial charge is 0.362 e. The molecule has 14 heavy (non-hydrogen) atoms. The molecule has 0 spiro atoms. The molecule has 2 nitrogen and oxygen atoms in total. The summed E-state index contributed by atoms with van der Waals surface area (Å²) in [4.78, 5) is 14.9. The SMILES string of the molecule is Cc1cc(C(=O)CCC(C)C)c(C)[nH]1. The lowest BCUT2D eigenvalue weighted by molar-refractivity contribution is 0.0975. The zero-order chi connectivity index (χ0) is 10.7. The van der Waals surface area contributed by atoms with Gasteiger partial charge in [0.25, 0.3) is 0 Å². The molecular formula is C12H19NO. The van der Waals surface area contributed by atoms with E-state index in [2.05, 4.69) is 18.8 Å². The van der Waals surface area contributed by atoms with E-state index in [0.29, 0.717) is 12.3 Å². The van der Waals surface area contributed by atoms with Crippen LogP contribution in [0.3, 0.4) is 0 Å². The van der Waals surface area contributed by atoms with Crippen LogP contribution in [0, 0.1) is 19.8 Å². The molecule has 0 radical (unpaired) electrons. The molecule has 1 rings (SSSR count). The van der Waals surface area contributed by atoms with E-state index >= 15 is 0 Å². The summed E-state index contributed by atoms with van der Waals surface area (Å²) in [5.74, 6) is 0.861. The van der Waals surface area contributed by atoms with E-state index in [1.807, 2.05) is 19.9 Å². The average Bonchev–Trinajstić information content (AvgIpc) is 2.41. The first-order valence-electron chi connectivity index (χ1n) is 5.20. The molecule has 0 aromatic carbocycles. The molecule has 2 heteroatoms. The Bertz CT molecular complexity index is 323. The van der Waals surface area contributed by atoms with Gasteiger partial charge in [-0.3, -0.25) is 4.79 Å². The van der Waals surface area contributed by atoms with Crippen LogP contribution in [0.15, 0.2) is 6.07 Å². The Balaban J connectivity index is 2.65. The van der Waals surface area contributed by atoms with Crippen LogP contribution in [0.25, 0.3) is 0 Å². The predicted molar refractivity (Wildman–Crippen MR) is 58.7 cm³/mol. The number of hydrogen-bond acceptors (Lipinski definition) is 1. The van der Waals surface area contributed by atoms with Gasteiger partial charge in [0.1, 0.15) is 0 Å². The van der Waals surface area contributed by atoms with Crippen LogP contribution in [0.2, 0.25) is 0 Å². The monoisotopic (exact) mass is 193 g/mol. The smallest absolute Gasteiger partial charge is 0.164 e. The Morgan fingerprint density at radius 3 is 2.50 bits per heavy atom. The van der Waals surface area contributed by atoms with Crippen molar-refractivity contribution in [3.63, 3.8) is 0 Å². The molecule has 0 saturated carbocycles. The number of Topliss-reactive ketones (excluding diaryl/α,β-unsaturated/α-hetero) is 1. The van der Waals surface area contributed by atoms with Gasteiger partial charge in [0.05, 0.1) is 0 Å². The van der Waals surface area contributed by atoms with Crippen LogP contribution in [0.1, 0.15) is 48.4 Å². The minimum absolute atomic E-state index is 0.264. The summed E-state index contributed by atoms with van der Waals surface area (Å²) in [6.07, 6.45) is 1.64. The lowest BCUT2D eigenvalue weighted by Gasteiger charge is -2.02. The summed E-state index contributed by atoms with van der Waals surface area (Å²) in [6.45, 7) is 8.22. The number of carbonyl (C=O) groups is 1. The first-order chi connectivity index (χ1) is 6.50. The van der Waals surface area contributed by atoms with E-state index in [1.54, 1.807) is 0 Å². The van der Waals surface area contributed by atoms with Crippen molar-refractivity contribution >= 4 is 5.78 Å². The fraction of sp³-hybridized carbons (Fsp3) is 0.583. The minimum Gasteiger partial charge on any atom is -0.362 e. The summed E-state index contributed by atoms with van der Waals surface area (Å²) in [6, 6.07) is 1.94. The molecule has 0 unspecified atom stereocenters. The summed E-state index contributed by atoms with van der Waals surface area (Å²) in [7, 11) is 0. The van der Waals surface area contributed by atoms with Gasteiger partial charge in [0.15, 0.2) is 5.78 Å². The number of H-pyrrole nitrogens is 1. The number of aromatic amines is 1. The third kappa shape index (κ3) is 2.72. The van der Waals surface area contributed by atoms with Gasteiger partial charge in [0.2, 0.25) is 0 Å². The average molecular weight is 193 g/mol. The summed E-state index contributed by atoms with van der Waals surface area (Å²) < 4.78 is 0. The zero-order valence-electron chi connectivity index (χ0n) is 9.48. The third-order valence-electron chi connectivity index (χ3n) is 2.40. The summed E-state index contributed by atoms with van der Waals surface area (Å²) >= 11 is 0. The highest BCUT2D eigenvalue weighted by Gasteiger charge is 2.11. The molecule has 0 aliphatic rings. The highest BCUT2D eigenvalue weighted by atomic mass is 16.1. The summed E-state index contributed by atoms with van der Waals surface area (Å²) in [5, 5.41) is 0. The number of carbonyl (C=O) groups excluding carboxylic acids is 1.